The molecule has 8 rings (SSSR count). The van der Waals surface area contributed by atoms with E-state index in [1.54, 1.807) is 19.2 Å². The van der Waals surface area contributed by atoms with Crippen molar-refractivity contribution in [1.82, 2.24) is 4.90 Å². The van der Waals surface area contributed by atoms with Crippen molar-refractivity contribution in [3.05, 3.63) is 113 Å². The maximum Gasteiger partial charge on any atom is 0.340 e. The summed E-state index contributed by atoms with van der Waals surface area (Å²) in [6.45, 7) is 11.5. The first-order valence-corrected chi connectivity index (χ1v) is 26.4. The number of nitrogens with zero attached hydrogens (tertiary/aromatic N) is 3. The van der Waals surface area contributed by atoms with Crippen LogP contribution in [0.15, 0.2) is 84.9 Å². The molecule has 2 saturated heterocycles. The van der Waals surface area contributed by atoms with Gasteiger partial charge in [0.1, 0.15) is 8.07 Å². The number of carbonyl (C=O) groups is 3. The fraction of sp³-hybridized carbons (Fsp3) is 0.372. The van der Waals surface area contributed by atoms with E-state index in [1.807, 2.05) is 63.6 Å². The molecule has 0 saturated carbocycles. The van der Waals surface area contributed by atoms with Crippen molar-refractivity contribution < 1.29 is 28.6 Å². The Hall–Kier alpha value is -4.22. The van der Waals surface area contributed by atoms with Crippen molar-refractivity contribution >= 4 is 72.0 Å². The third-order valence-corrected chi connectivity index (χ3v) is 19.9. The molecule has 55 heavy (non-hydrogen) atoms. The van der Waals surface area contributed by atoms with Gasteiger partial charge >= 0.3 is 146 Å². The summed E-state index contributed by atoms with van der Waals surface area (Å²) in [7, 11) is 1.27. The van der Waals surface area contributed by atoms with Crippen molar-refractivity contribution in [2.24, 2.45) is 5.92 Å². The number of hydrogen-bond acceptors (Lipinski definition) is 8. The molecule has 4 aromatic rings. The van der Waals surface area contributed by atoms with E-state index in [2.05, 4.69) is 56.1 Å². The van der Waals surface area contributed by atoms with Crippen LogP contribution in [0.4, 0.5) is 21.0 Å². The van der Waals surface area contributed by atoms with E-state index >= 15 is 0 Å². The van der Waals surface area contributed by atoms with Gasteiger partial charge in [-0.05, 0) is 54.6 Å². The molecule has 4 aliphatic heterocycles. The number of esters is 1. The van der Waals surface area contributed by atoms with Crippen LogP contribution in [0.1, 0.15) is 59.3 Å². The van der Waals surface area contributed by atoms with Crippen molar-refractivity contribution in [2.45, 2.75) is 63.4 Å². The predicted octanol–water partition coefficient (Wildman–Crippen LogP) is 7.27. The van der Waals surface area contributed by atoms with Crippen LogP contribution >= 0.6 is 10.2 Å². The van der Waals surface area contributed by atoms with Gasteiger partial charge in [0.2, 0.25) is 0 Å². The third-order valence-electron chi connectivity index (χ3n) is 11.9. The van der Waals surface area contributed by atoms with Gasteiger partial charge in [0, 0.05) is 48.2 Å². The second-order valence-electron chi connectivity index (χ2n) is 15.2. The summed E-state index contributed by atoms with van der Waals surface area (Å²) in [5, 5.41) is 3.53. The van der Waals surface area contributed by atoms with Gasteiger partial charge < -0.3 is 9.64 Å². The Morgan fingerprint density at radius 1 is 0.945 bits per heavy atom. The molecule has 0 aliphatic carbocycles. The van der Waals surface area contributed by atoms with Gasteiger partial charge in [0.05, 0.1) is 5.56 Å². The van der Waals surface area contributed by atoms with Gasteiger partial charge in [-0.1, -0.05) is 43.4 Å². The van der Waals surface area contributed by atoms with Crippen LogP contribution in [0.5, 0.6) is 5.75 Å². The maximum absolute atomic E-state index is 13.6. The molecule has 3 atom stereocenters. The van der Waals surface area contributed by atoms with Gasteiger partial charge in [-0.3, -0.25) is 4.90 Å². The topological polar surface area (TPSA) is 88.6 Å². The first kappa shape index (κ1) is 37.7. The van der Waals surface area contributed by atoms with E-state index in [-0.39, 0.29) is 24.7 Å². The van der Waals surface area contributed by atoms with Gasteiger partial charge in [0.15, 0.2) is 5.60 Å². The average molecular weight is 841 g/mol. The van der Waals surface area contributed by atoms with Crippen molar-refractivity contribution in [1.29, 1.82) is 0 Å². The first-order chi connectivity index (χ1) is 26.6. The Labute approximate surface area is 333 Å². The maximum atomic E-state index is 13.6. The number of amides is 2. The number of carbonyl (C=O) groups excluding carboxylic acids is 3. The molecule has 2 fully saturated rings. The van der Waals surface area contributed by atoms with Crippen LogP contribution in [-0.2, 0) is 21.7 Å². The van der Waals surface area contributed by atoms with Gasteiger partial charge in [-0.2, -0.15) is 0 Å². The Morgan fingerprint density at radius 2 is 1.64 bits per heavy atom. The number of fused-ring (bicyclic) bond motifs is 7. The van der Waals surface area contributed by atoms with E-state index < -0.39 is 19.8 Å². The molecule has 1 spiro atoms. The molecule has 0 radical (unpaired) electrons. The monoisotopic (exact) mass is 841 g/mol. The van der Waals surface area contributed by atoms with Crippen LogP contribution in [0.25, 0.3) is 0 Å². The molecule has 4 aromatic carbocycles. The Balaban J connectivity index is 1.02. The molecule has 12 heteroatoms. The summed E-state index contributed by atoms with van der Waals surface area (Å²) in [5.41, 5.74) is 4.90. The van der Waals surface area contributed by atoms with Crippen LogP contribution in [0.2, 0.25) is 18.4 Å². The largest absolute Gasteiger partial charge is 0.441 e. The number of rotatable bonds is 7. The minimum absolute atomic E-state index is 0.0643. The summed E-state index contributed by atoms with van der Waals surface area (Å²) in [4.78, 5) is 46.0. The molecule has 286 valence electrons. The fourth-order valence-electron chi connectivity index (χ4n) is 8.81. The summed E-state index contributed by atoms with van der Waals surface area (Å²) in [5.74, 6) is 1.74. The number of hydrogen-bond donors (Lipinski definition) is 0. The van der Waals surface area contributed by atoms with E-state index in [0.717, 1.165) is 64.9 Å². The molecular formula is C43H47N3O6SSeSi. The molecular weight excluding hydrogens is 794 g/mol. The molecule has 2 amide bonds. The number of anilines is 2. The van der Waals surface area contributed by atoms with Crippen LogP contribution in [0, 0.1) is 5.92 Å². The molecule has 3 unspecified atom stereocenters. The van der Waals surface area contributed by atoms with Gasteiger partial charge in [-0.25, -0.2) is 9.59 Å². The van der Waals surface area contributed by atoms with E-state index in [4.69, 9.17) is 14.2 Å². The summed E-state index contributed by atoms with van der Waals surface area (Å²) >= 11 is 0.619. The van der Waals surface area contributed by atoms with Crippen molar-refractivity contribution in [3.8, 4) is 5.75 Å². The van der Waals surface area contributed by atoms with Gasteiger partial charge in [-0.15, -0.1) is 0 Å². The SMILES string of the molecule is CCN(CC)c1ccc2c(c1)[Si](C)(C)c1cc(N(C)C(=O)OCc3ccc(OC(=O)N4CCCC5C[Se]SCC54)cc3)ccc1C21OC(=O)c2ccccc21. The van der Waals surface area contributed by atoms with E-state index in [9.17, 15) is 14.4 Å². The normalized spacial score (nSPS) is 21.8. The summed E-state index contributed by atoms with van der Waals surface area (Å²) in [6, 6.07) is 27.7. The molecule has 0 aromatic heterocycles. The van der Waals surface area contributed by atoms with E-state index in [1.165, 1.54) is 21.8 Å². The molecule has 0 bridgehead atoms. The minimum Gasteiger partial charge on any atom is -0.441 e. The third kappa shape index (κ3) is 6.54. The number of benzene rings is 4. The smallest absolute Gasteiger partial charge is 0.340 e. The number of piperidine rings is 1. The second-order valence-corrected chi connectivity index (χ2v) is 24.0. The Morgan fingerprint density at radius 3 is 2.36 bits per heavy atom. The molecule has 0 N–H and O–H groups in total. The standard InChI is InChI=1S/C43H47N3O6SSeSi/c1-6-45(7-2)31-17-21-36-39(24-31)55(4,5)38-23-30(16-20-35(38)43(36)34-13-9-8-12-33(34)40(47)52-43)44(3)41(48)50-25-28-14-18-32(19-15-28)51-42(49)46-22-10-11-29-27-54-53-26-37(29)46/h8-9,12-21,23-24,29,37H,6-7,10-11,22,25-27H2,1-5H3. The quantitative estimate of drug-likeness (QED) is 0.142. The molecule has 9 nitrogen and oxygen atoms in total. The molecule has 4 aliphatic rings. The second kappa shape index (κ2) is 15.0. The zero-order valence-corrected chi connectivity index (χ0v) is 35.5. The van der Waals surface area contributed by atoms with Crippen LogP contribution in [0.3, 0.4) is 0 Å². The van der Waals surface area contributed by atoms with E-state index in [0.29, 0.717) is 36.8 Å². The summed E-state index contributed by atoms with van der Waals surface area (Å²) in [6.07, 6.45) is 1.45. The Kier molecular flexibility index (Phi) is 10.3. The average Bonchev–Trinajstić information content (AvgIpc) is 3.51. The first-order valence-electron chi connectivity index (χ1n) is 19.2. The van der Waals surface area contributed by atoms with Crippen LogP contribution in [-0.4, -0.2) is 83.4 Å². The molecule has 4 heterocycles. The van der Waals surface area contributed by atoms with Crippen LogP contribution < -0.4 is 24.9 Å². The minimum atomic E-state index is -2.43. The zero-order valence-electron chi connectivity index (χ0n) is 32.0. The number of likely N-dealkylation sites (tertiary alicyclic amines) is 1. The van der Waals surface area contributed by atoms with Gasteiger partial charge in [0.25, 0.3) is 0 Å². The Bertz CT molecular complexity index is 2140. The zero-order chi connectivity index (χ0) is 38.5. The van der Waals surface area contributed by atoms with Crippen molar-refractivity contribution in [3.63, 3.8) is 0 Å². The fourth-order valence-corrected chi connectivity index (χ4v) is 16.9. The summed E-state index contributed by atoms with van der Waals surface area (Å²) < 4.78 is 18.1. The number of ether oxygens (including phenoxy) is 3. The predicted molar refractivity (Wildman–Crippen MR) is 222 cm³/mol. The van der Waals surface area contributed by atoms with Crippen molar-refractivity contribution in [2.75, 3.05) is 42.2 Å².